The number of halogens is 1. The summed E-state index contributed by atoms with van der Waals surface area (Å²) in [5.41, 5.74) is 3.16. The van der Waals surface area contributed by atoms with E-state index in [0.717, 1.165) is 32.7 Å². The number of piperazine rings is 1. The molecule has 2 amide bonds. The molecule has 0 bridgehead atoms. The van der Waals surface area contributed by atoms with E-state index < -0.39 is 0 Å². The lowest BCUT2D eigenvalue weighted by atomic mass is 10.0. The fourth-order valence-electron chi connectivity index (χ4n) is 3.55. The third-order valence-corrected chi connectivity index (χ3v) is 5.46. The number of carbonyl (C=O) groups excluding carboxylic acids is 2. The molecule has 6 nitrogen and oxygen atoms in total. The summed E-state index contributed by atoms with van der Waals surface area (Å²) < 4.78 is 12.9. The van der Waals surface area contributed by atoms with E-state index in [-0.39, 0.29) is 30.7 Å². The van der Waals surface area contributed by atoms with Crippen LogP contribution in [0.5, 0.6) is 0 Å². The van der Waals surface area contributed by atoms with Crippen LogP contribution in [0.2, 0.25) is 0 Å². The van der Waals surface area contributed by atoms with Crippen LogP contribution in [0.15, 0.2) is 48.5 Å². The largest absolute Gasteiger partial charge is 0.346 e. The molecule has 166 valence electrons. The molecular formula is C24H31FN4O2. The standard InChI is InChI=1S/C24H31FN4O2/c1-18(2)20-5-3-19(4-6-20)16-28-11-13-29(14-12-28)17-24(31)26-15-23(30)27-22-9-7-21(25)8-10-22/h3-10,18H,11-17H2,1-2H3,(H,26,31)(H,27,30). The maximum Gasteiger partial charge on any atom is 0.243 e. The van der Waals surface area contributed by atoms with Gasteiger partial charge in [-0.2, -0.15) is 0 Å². The Hall–Kier alpha value is -2.77. The number of hydrogen-bond donors (Lipinski definition) is 2. The van der Waals surface area contributed by atoms with Crippen molar-refractivity contribution in [2.45, 2.75) is 26.3 Å². The third-order valence-electron chi connectivity index (χ3n) is 5.46. The average Bonchev–Trinajstić information content (AvgIpc) is 2.76. The molecule has 0 unspecified atom stereocenters. The molecule has 0 aromatic heterocycles. The van der Waals surface area contributed by atoms with E-state index >= 15 is 0 Å². The van der Waals surface area contributed by atoms with Gasteiger partial charge in [0.15, 0.2) is 0 Å². The van der Waals surface area contributed by atoms with Crippen LogP contribution in [0.3, 0.4) is 0 Å². The Morgan fingerprint density at radius 3 is 2.13 bits per heavy atom. The number of carbonyl (C=O) groups is 2. The van der Waals surface area contributed by atoms with Gasteiger partial charge in [0.25, 0.3) is 0 Å². The zero-order valence-corrected chi connectivity index (χ0v) is 18.2. The van der Waals surface area contributed by atoms with E-state index in [0.29, 0.717) is 11.6 Å². The molecule has 0 spiro atoms. The van der Waals surface area contributed by atoms with E-state index in [1.54, 1.807) is 0 Å². The van der Waals surface area contributed by atoms with Crippen molar-refractivity contribution in [2.75, 3.05) is 44.6 Å². The summed E-state index contributed by atoms with van der Waals surface area (Å²) in [4.78, 5) is 28.6. The molecular weight excluding hydrogens is 395 g/mol. The van der Waals surface area contributed by atoms with Gasteiger partial charge in [-0.25, -0.2) is 4.39 Å². The van der Waals surface area contributed by atoms with Crippen LogP contribution >= 0.6 is 0 Å². The topological polar surface area (TPSA) is 64.7 Å². The predicted octanol–water partition coefficient (Wildman–Crippen LogP) is 2.82. The molecule has 2 aromatic carbocycles. The van der Waals surface area contributed by atoms with E-state index in [1.807, 2.05) is 0 Å². The quantitative estimate of drug-likeness (QED) is 0.681. The van der Waals surface area contributed by atoms with Crippen molar-refractivity contribution in [1.82, 2.24) is 15.1 Å². The van der Waals surface area contributed by atoms with E-state index in [2.05, 4.69) is 58.5 Å². The molecule has 1 heterocycles. The van der Waals surface area contributed by atoms with Crippen molar-refractivity contribution >= 4 is 17.5 Å². The van der Waals surface area contributed by atoms with Gasteiger partial charge in [-0.05, 0) is 41.3 Å². The summed E-state index contributed by atoms with van der Waals surface area (Å²) in [6.45, 7) is 8.93. The second-order valence-electron chi connectivity index (χ2n) is 8.28. The summed E-state index contributed by atoms with van der Waals surface area (Å²) >= 11 is 0. The molecule has 2 N–H and O–H groups in total. The maximum atomic E-state index is 12.9. The van der Waals surface area contributed by atoms with E-state index in [1.165, 1.54) is 35.4 Å². The molecule has 0 saturated carbocycles. The van der Waals surface area contributed by atoms with Crippen LogP contribution in [0.25, 0.3) is 0 Å². The van der Waals surface area contributed by atoms with Gasteiger partial charge in [0.2, 0.25) is 11.8 Å². The molecule has 3 rings (SSSR count). The summed E-state index contributed by atoms with van der Waals surface area (Å²) in [5, 5.41) is 5.27. The van der Waals surface area contributed by atoms with Crippen LogP contribution in [0.4, 0.5) is 10.1 Å². The molecule has 1 saturated heterocycles. The highest BCUT2D eigenvalue weighted by atomic mass is 19.1. The minimum absolute atomic E-state index is 0.109. The average molecular weight is 427 g/mol. The minimum atomic E-state index is -0.365. The lowest BCUT2D eigenvalue weighted by Crippen LogP contribution is -2.49. The number of rotatable bonds is 8. The van der Waals surface area contributed by atoms with Gasteiger partial charge in [0.1, 0.15) is 5.82 Å². The third kappa shape index (κ3) is 7.45. The Balaban J connectivity index is 1.34. The van der Waals surface area contributed by atoms with Crippen LogP contribution in [-0.4, -0.2) is 60.9 Å². The van der Waals surface area contributed by atoms with Crippen molar-refractivity contribution in [3.8, 4) is 0 Å². The second-order valence-corrected chi connectivity index (χ2v) is 8.28. The molecule has 0 aliphatic carbocycles. The lowest BCUT2D eigenvalue weighted by Gasteiger charge is -2.34. The summed E-state index contributed by atoms with van der Waals surface area (Å²) in [6, 6.07) is 14.3. The first kappa shape index (κ1) is 22.9. The van der Waals surface area contributed by atoms with Gasteiger partial charge in [0.05, 0.1) is 13.1 Å². The molecule has 0 radical (unpaired) electrons. The van der Waals surface area contributed by atoms with Crippen LogP contribution in [-0.2, 0) is 16.1 Å². The van der Waals surface area contributed by atoms with Crippen molar-refractivity contribution in [2.24, 2.45) is 0 Å². The molecule has 0 atom stereocenters. The fourth-order valence-corrected chi connectivity index (χ4v) is 3.55. The van der Waals surface area contributed by atoms with Gasteiger partial charge in [0, 0.05) is 38.4 Å². The van der Waals surface area contributed by atoms with Crippen LogP contribution < -0.4 is 10.6 Å². The number of nitrogens with zero attached hydrogens (tertiary/aromatic N) is 2. The number of benzene rings is 2. The first-order valence-electron chi connectivity index (χ1n) is 10.7. The first-order chi connectivity index (χ1) is 14.9. The van der Waals surface area contributed by atoms with Crippen LogP contribution in [0, 0.1) is 5.82 Å². The second kappa shape index (κ2) is 11.0. The fraction of sp³-hybridized carbons (Fsp3) is 0.417. The number of nitrogens with one attached hydrogen (secondary N) is 2. The Bertz CT molecular complexity index is 860. The van der Waals surface area contributed by atoms with Crippen molar-refractivity contribution in [3.05, 3.63) is 65.5 Å². The minimum Gasteiger partial charge on any atom is -0.346 e. The van der Waals surface area contributed by atoms with Crippen LogP contribution in [0.1, 0.15) is 30.9 Å². The summed E-state index contributed by atoms with van der Waals surface area (Å²) in [7, 11) is 0. The predicted molar refractivity (Wildman–Crippen MR) is 120 cm³/mol. The first-order valence-corrected chi connectivity index (χ1v) is 10.7. The van der Waals surface area contributed by atoms with E-state index in [9.17, 15) is 14.0 Å². The van der Waals surface area contributed by atoms with Crippen molar-refractivity contribution in [1.29, 1.82) is 0 Å². The molecule has 31 heavy (non-hydrogen) atoms. The van der Waals surface area contributed by atoms with Gasteiger partial charge in [-0.3, -0.25) is 19.4 Å². The van der Waals surface area contributed by atoms with Gasteiger partial charge in [-0.1, -0.05) is 38.1 Å². The molecule has 1 aliphatic heterocycles. The van der Waals surface area contributed by atoms with Crippen molar-refractivity contribution < 1.29 is 14.0 Å². The normalized spacial score (nSPS) is 15.1. The maximum absolute atomic E-state index is 12.9. The van der Waals surface area contributed by atoms with Gasteiger partial charge >= 0.3 is 0 Å². The number of amides is 2. The SMILES string of the molecule is CC(C)c1ccc(CN2CCN(CC(=O)NCC(=O)Nc3ccc(F)cc3)CC2)cc1. The highest BCUT2D eigenvalue weighted by molar-refractivity contribution is 5.94. The highest BCUT2D eigenvalue weighted by Crippen LogP contribution is 2.16. The zero-order valence-electron chi connectivity index (χ0n) is 18.2. The Morgan fingerprint density at radius 1 is 0.903 bits per heavy atom. The van der Waals surface area contributed by atoms with Gasteiger partial charge in [-0.15, -0.1) is 0 Å². The highest BCUT2D eigenvalue weighted by Gasteiger charge is 2.19. The Kier molecular flexibility index (Phi) is 8.14. The number of anilines is 1. The zero-order chi connectivity index (χ0) is 22.2. The lowest BCUT2D eigenvalue weighted by molar-refractivity contribution is -0.125. The molecule has 1 aliphatic rings. The smallest absolute Gasteiger partial charge is 0.243 e. The summed E-state index contributed by atoms with van der Waals surface area (Å²) in [5.74, 6) is -0.339. The monoisotopic (exact) mass is 426 g/mol. The molecule has 2 aromatic rings. The van der Waals surface area contributed by atoms with Crippen molar-refractivity contribution in [3.63, 3.8) is 0 Å². The number of hydrogen-bond acceptors (Lipinski definition) is 4. The Labute approximate surface area is 183 Å². The molecule has 1 fully saturated rings. The Morgan fingerprint density at radius 2 is 1.52 bits per heavy atom. The molecule has 7 heteroatoms. The summed E-state index contributed by atoms with van der Waals surface area (Å²) in [6.07, 6.45) is 0. The van der Waals surface area contributed by atoms with Gasteiger partial charge < -0.3 is 10.6 Å². The van der Waals surface area contributed by atoms with E-state index in [4.69, 9.17) is 0 Å².